The number of thiophene rings is 1. The highest BCUT2D eigenvalue weighted by atomic mass is 32.1. The Balaban J connectivity index is 1.97. The standard InChI is InChI=1S/C19H23N3O3S/c1-12(2)20-19(25)14-6-8-15(9-7-14)22-18(24)11-16(21-13(3)23)17-5-4-10-26-17/h4-10,12,16H,11H2,1-3H3,(H,20,25)(H,21,23)(H,22,24). The first kappa shape index (κ1) is 19.7. The molecule has 3 amide bonds. The van der Waals surface area contributed by atoms with Gasteiger partial charge in [-0.05, 0) is 49.6 Å². The summed E-state index contributed by atoms with van der Waals surface area (Å²) in [6.45, 7) is 5.22. The molecule has 0 aliphatic carbocycles. The fraction of sp³-hybridized carbons (Fsp3) is 0.316. The molecular weight excluding hydrogens is 350 g/mol. The van der Waals surface area contributed by atoms with Crippen LogP contribution in [0.25, 0.3) is 0 Å². The van der Waals surface area contributed by atoms with Gasteiger partial charge in [0.15, 0.2) is 0 Å². The zero-order chi connectivity index (χ0) is 19.1. The molecule has 1 unspecified atom stereocenters. The number of hydrogen-bond acceptors (Lipinski definition) is 4. The Hall–Kier alpha value is -2.67. The third kappa shape index (κ3) is 6.00. The molecule has 0 bridgehead atoms. The number of benzene rings is 1. The van der Waals surface area contributed by atoms with Crippen LogP contribution in [0.15, 0.2) is 41.8 Å². The van der Waals surface area contributed by atoms with E-state index in [1.54, 1.807) is 24.3 Å². The number of anilines is 1. The molecule has 0 spiro atoms. The van der Waals surface area contributed by atoms with Crippen LogP contribution in [0.3, 0.4) is 0 Å². The minimum atomic E-state index is -0.358. The minimum absolute atomic E-state index is 0.0600. The summed E-state index contributed by atoms with van der Waals surface area (Å²) in [7, 11) is 0. The van der Waals surface area contributed by atoms with Gasteiger partial charge >= 0.3 is 0 Å². The van der Waals surface area contributed by atoms with E-state index in [9.17, 15) is 14.4 Å². The Bertz CT molecular complexity index is 755. The van der Waals surface area contributed by atoms with Gasteiger partial charge in [-0.3, -0.25) is 14.4 Å². The second-order valence-electron chi connectivity index (χ2n) is 6.23. The van der Waals surface area contributed by atoms with Gasteiger partial charge < -0.3 is 16.0 Å². The van der Waals surface area contributed by atoms with Gasteiger partial charge in [-0.1, -0.05) is 6.07 Å². The van der Waals surface area contributed by atoms with Gasteiger partial charge in [0.05, 0.1) is 12.5 Å². The lowest BCUT2D eigenvalue weighted by atomic mass is 10.1. The van der Waals surface area contributed by atoms with Crippen molar-refractivity contribution in [2.75, 3.05) is 5.32 Å². The maximum absolute atomic E-state index is 12.3. The summed E-state index contributed by atoms with van der Waals surface area (Å²) < 4.78 is 0. The Morgan fingerprint density at radius 2 is 1.73 bits per heavy atom. The Morgan fingerprint density at radius 3 is 2.27 bits per heavy atom. The quantitative estimate of drug-likeness (QED) is 0.697. The van der Waals surface area contributed by atoms with E-state index < -0.39 is 0 Å². The molecule has 26 heavy (non-hydrogen) atoms. The van der Waals surface area contributed by atoms with Gasteiger partial charge in [-0.2, -0.15) is 0 Å². The van der Waals surface area contributed by atoms with E-state index >= 15 is 0 Å². The van der Waals surface area contributed by atoms with Crippen molar-refractivity contribution in [2.45, 2.75) is 39.3 Å². The normalized spacial score (nSPS) is 11.7. The molecule has 138 valence electrons. The highest BCUT2D eigenvalue weighted by Crippen LogP contribution is 2.22. The summed E-state index contributed by atoms with van der Waals surface area (Å²) in [5.74, 6) is -0.547. The van der Waals surface area contributed by atoms with Crippen LogP contribution in [0.2, 0.25) is 0 Å². The second kappa shape index (κ2) is 9.15. The van der Waals surface area contributed by atoms with Crippen LogP contribution in [0.1, 0.15) is 48.5 Å². The third-order valence-electron chi connectivity index (χ3n) is 3.50. The molecule has 2 aromatic rings. The summed E-state index contributed by atoms with van der Waals surface area (Å²) >= 11 is 1.49. The van der Waals surface area contributed by atoms with Crippen molar-refractivity contribution in [3.8, 4) is 0 Å². The van der Waals surface area contributed by atoms with Gasteiger partial charge in [0.2, 0.25) is 11.8 Å². The first-order valence-electron chi connectivity index (χ1n) is 8.36. The molecule has 0 saturated heterocycles. The SMILES string of the molecule is CC(=O)NC(CC(=O)Nc1ccc(C(=O)NC(C)C)cc1)c1cccs1. The first-order chi connectivity index (χ1) is 12.3. The maximum atomic E-state index is 12.3. The van der Waals surface area contributed by atoms with E-state index in [-0.39, 0.29) is 36.2 Å². The topological polar surface area (TPSA) is 87.3 Å². The molecular formula is C19H23N3O3S. The number of nitrogens with one attached hydrogen (secondary N) is 3. The predicted molar refractivity (Wildman–Crippen MR) is 103 cm³/mol. The van der Waals surface area contributed by atoms with E-state index in [1.807, 2.05) is 31.4 Å². The van der Waals surface area contributed by atoms with Crippen molar-refractivity contribution in [2.24, 2.45) is 0 Å². The molecule has 3 N–H and O–H groups in total. The number of hydrogen-bond donors (Lipinski definition) is 3. The Labute approximate surface area is 157 Å². The van der Waals surface area contributed by atoms with Gasteiger partial charge in [-0.25, -0.2) is 0 Å². The Morgan fingerprint density at radius 1 is 1.04 bits per heavy atom. The predicted octanol–water partition coefficient (Wildman–Crippen LogP) is 3.09. The number of rotatable bonds is 7. The minimum Gasteiger partial charge on any atom is -0.350 e. The summed E-state index contributed by atoms with van der Waals surface area (Å²) in [6, 6.07) is 10.2. The monoisotopic (exact) mass is 373 g/mol. The average molecular weight is 373 g/mol. The molecule has 0 aliphatic heterocycles. The first-order valence-corrected chi connectivity index (χ1v) is 9.24. The van der Waals surface area contributed by atoms with Crippen LogP contribution >= 0.6 is 11.3 Å². The van der Waals surface area contributed by atoms with Crippen LogP contribution in [0.5, 0.6) is 0 Å². The molecule has 0 saturated carbocycles. The zero-order valence-corrected chi connectivity index (χ0v) is 15.9. The van der Waals surface area contributed by atoms with Gasteiger partial charge in [0, 0.05) is 29.1 Å². The van der Waals surface area contributed by atoms with Crippen LogP contribution < -0.4 is 16.0 Å². The highest BCUT2D eigenvalue weighted by Gasteiger charge is 2.18. The molecule has 1 atom stereocenters. The molecule has 6 nitrogen and oxygen atoms in total. The van der Waals surface area contributed by atoms with Crippen molar-refractivity contribution in [1.29, 1.82) is 0 Å². The summed E-state index contributed by atoms with van der Waals surface area (Å²) in [5, 5.41) is 10.3. The van der Waals surface area contributed by atoms with E-state index in [4.69, 9.17) is 0 Å². The molecule has 7 heteroatoms. The van der Waals surface area contributed by atoms with Crippen molar-refractivity contribution < 1.29 is 14.4 Å². The van der Waals surface area contributed by atoms with Crippen LogP contribution in [-0.4, -0.2) is 23.8 Å². The lowest BCUT2D eigenvalue weighted by Gasteiger charge is -2.16. The molecule has 1 aromatic carbocycles. The van der Waals surface area contributed by atoms with Crippen molar-refractivity contribution >= 4 is 34.7 Å². The lowest BCUT2D eigenvalue weighted by molar-refractivity contribution is -0.120. The lowest BCUT2D eigenvalue weighted by Crippen LogP contribution is -2.30. The van der Waals surface area contributed by atoms with Crippen LogP contribution in [-0.2, 0) is 9.59 Å². The summed E-state index contributed by atoms with van der Waals surface area (Å²) in [4.78, 5) is 36.6. The zero-order valence-electron chi connectivity index (χ0n) is 15.0. The highest BCUT2D eigenvalue weighted by molar-refractivity contribution is 7.10. The fourth-order valence-corrected chi connectivity index (χ4v) is 3.18. The molecule has 2 rings (SSSR count). The van der Waals surface area contributed by atoms with Gasteiger partial charge in [0.1, 0.15) is 0 Å². The molecule has 1 heterocycles. The van der Waals surface area contributed by atoms with Crippen molar-refractivity contribution in [3.63, 3.8) is 0 Å². The van der Waals surface area contributed by atoms with Crippen molar-refractivity contribution in [3.05, 3.63) is 52.2 Å². The summed E-state index contributed by atoms with van der Waals surface area (Å²) in [5.41, 5.74) is 1.13. The van der Waals surface area contributed by atoms with Crippen molar-refractivity contribution in [1.82, 2.24) is 10.6 Å². The van der Waals surface area contributed by atoms with Crippen LogP contribution in [0, 0.1) is 0 Å². The summed E-state index contributed by atoms with van der Waals surface area (Å²) in [6.07, 6.45) is 0.135. The number of carbonyl (C=O) groups is 3. The van der Waals surface area contributed by atoms with E-state index in [0.29, 0.717) is 11.3 Å². The molecule has 0 aliphatic rings. The average Bonchev–Trinajstić information content (AvgIpc) is 3.08. The van der Waals surface area contributed by atoms with E-state index in [2.05, 4.69) is 16.0 Å². The van der Waals surface area contributed by atoms with Crippen LogP contribution in [0.4, 0.5) is 5.69 Å². The number of carbonyl (C=O) groups excluding carboxylic acids is 3. The fourth-order valence-electron chi connectivity index (χ4n) is 2.41. The maximum Gasteiger partial charge on any atom is 0.251 e. The molecule has 0 radical (unpaired) electrons. The molecule has 1 aromatic heterocycles. The second-order valence-corrected chi connectivity index (χ2v) is 7.21. The Kier molecular flexibility index (Phi) is 6.91. The third-order valence-corrected chi connectivity index (χ3v) is 4.49. The smallest absolute Gasteiger partial charge is 0.251 e. The van der Waals surface area contributed by atoms with Gasteiger partial charge in [0.25, 0.3) is 5.91 Å². The number of amides is 3. The van der Waals surface area contributed by atoms with Gasteiger partial charge in [-0.15, -0.1) is 11.3 Å². The van der Waals surface area contributed by atoms with E-state index in [1.165, 1.54) is 18.3 Å². The van der Waals surface area contributed by atoms with E-state index in [0.717, 1.165) is 4.88 Å². The largest absolute Gasteiger partial charge is 0.350 e. The molecule has 0 fully saturated rings.